The lowest BCUT2D eigenvalue weighted by atomic mass is 10.5. The molecule has 0 aromatic carbocycles. The summed E-state index contributed by atoms with van der Waals surface area (Å²) in [7, 11) is 1.87. The van der Waals surface area contributed by atoms with Gasteiger partial charge in [0.1, 0.15) is 6.29 Å². The van der Waals surface area contributed by atoms with Crippen LogP contribution in [0.4, 0.5) is 0 Å². The Morgan fingerprint density at radius 1 is 1.62 bits per heavy atom. The first-order chi connectivity index (χ1) is 3.81. The second-order valence-electron chi connectivity index (χ2n) is 1.68. The number of aldehydes is 1. The van der Waals surface area contributed by atoms with Crippen molar-refractivity contribution < 1.29 is 4.79 Å². The van der Waals surface area contributed by atoms with Crippen LogP contribution in [0.2, 0.25) is 0 Å². The van der Waals surface area contributed by atoms with Crippen LogP contribution in [-0.2, 0) is 4.79 Å². The van der Waals surface area contributed by atoms with Gasteiger partial charge in [0, 0.05) is 6.54 Å². The van der Waals surface area contributed by atoms with Crippen molar-refractivity contribution in [3.05, 3.63) is 12.7 Å². The summed E-state index contributed by atoms with van der Waals surface area (Å²) >= 11 is 0. The Hall–Kier alpha value is -0.630. The van der Waals surface area contributed by atoms with Gasteiger partial charge < -0.3 is 4.79 Å². The molecule has 8 heavy (non-hydrogen) atoms. The fraction of sp³-hybridized carbons (Fsp3) is 0.500. The molecule has 0 aliphatic carbocycles. The molecule has 0 atom stereocenters. The maximum Gasteiger partial charge on any atom is 0.133 e. The summed E-state index contributed by atoms with van der Waals surface area (Å²) in [5.41, 5.74) is 0. The van der Waals surface area contributed by atoms with Gasteiger partial charge in [0.25, 0.3) is 0 Å². The smallest absolute Gasteiger partial charge is 0.133 e. The average Bonchev–Trinajstić information content (AvgIpc) is 1.68. The summed E-state index contributed by atoms with van der Waals surface area (Å²) in [5.74, 6) is 0. The Bertz CT molecular complexity index is 70.6. The van der Waals surface area contributed by atoms with Gasteiger partial charge in [-0.3, -0.25) is 4.90 Å². The number of hydrogen-bond donors (Lipinski definition) is 0. The molecule has 2 nitrogen and oxygen atoms in total. The van der Waals surface area contributed by atoms with Crippen molar-refractivity contribution in [2.24, 2.45) is 0 Å². The Morgan fingerprint density at radius 2 is 2.25 bits per heavy atom. The molecule has 0 saturated heterocycles. The van der Waals surface area contributed by atoms with Crippen LogP contribution in [0.3, 0.4) is 0 Å². The molecule has 0 aliphatic rings. The predicted octanol–water partition coefficient (Wildman–Crippen LogP) is 0.303. The second-order valence-corrected chi connectivity index (χ2v) is 1.68. The van der Waals surface area contributed by atoms with Crippen LogP contribution in [0.1, 0.15) is 0 Å². The lowest BCUT2D eigenvalue weighted by molar-refractivity contribution is -0.108. The van der Waals surface area contributed by atoms with E-state index in [-0.39, 0.29) is 0 Å². The molecular weight excluding hydrogens is 102 g/mol. The van der Waals surface area contributed by atoms with E-state index in [9.17, 15) is 4.79 Å². The Balaban J connectivity index is 3.16. The van der Waals surface area contributed by atoms with E-state index in [4.69, 9.17) is 0 Å². The molecule has 0 aromatic rings. The highest BCUT2D eigenvalue weighted by molar-refractivity contribution is 5.51. The summed E-state index contributed by atoms with van der Waals surface area (Å²) in [5, 5.41) is 0. The van der Waals surface area contributed by atoms with E-state index in [2.05, 4.69) is 6.58 Å². The van der Waals surface area contributed by atoms with Crippen molar-refractivity contribution >= 4 is 6.29 Å². The van der Waals surface area contributed by atoms with Gasteiger partial charge in [-0.15, -0.1) is 6.58 Å². The van der Waals surface area contributed by atoms with Crippen LogP contribution in [0.15, 0.2) is 12.7 Å². The zero-order valence-corrected chi connectivity index (χ0v) is 5.13. The molecule has 0 spiro atoms. The van der Waals surface area contributed by atoms with E-state index in [0.717, 1.165) is 12.8 Å². The minimum Gasteiger partial charge on any atom is -0.302 e. The van der Waals surface area contributed by atoms with E-state index in [0.29, 0.717) is 6.54 Å². The van der Waals surface area contributed by atoms with Gasteiger partial charge in [-0.05, 0) is 7.05 Å². The molecular formula is C6H11NO. The molecule has 0 aromatic heterocycles. The van der Waals surface area contributed by atoms with Crippen LogP contribution >= 0.6 is 0 Å². The van der Waals surface area contributed by atoms with E-state index in [1.165, 1.54) is 0 Å². The number of carbonyl (C=O) groups is 1. The highest BCUT2D eigenvalue weighted by Crippen LogP contribution is 1.76. The number of likely N-dealkylation sites (N-methyl/N-ethyl adjacent to an activating group) is 1. The third-order valence-corrected chi connectivity index (χ3v) is 0.827. The van der Waals surface area contributed by atoms with Crippen LogP contribution in [0.25, 0.3) is 0 Å². The second kappa shape index (κ2) is 4.53. The molecule has 0 saturated carbocycles. The topological polar surface area (TPSA) is 20.3 Å². The molecule has 2 heteroatoms. The summed E-state index contributed by atoms with van der Waals surface area (Å²) in [6.07, 6.45) is 2.65. The maximum atomic E-state index is 9.81. The van der Waals surface area contributed by atoms with Crippen molar-refractivity contribution in [3.8, 4) is 0 Å². The Morgan fingerprint density at radius 3 is 2.62 bits per heavy atom. The SMILES string of the molecule is C=CCN(C)CC=O. The number of rotatable bonds is 4. The fourth-order valence-corrected chi connectivity index (χ4v) is 0.422. The molecule has 0 aliphatic heterocycles. The summed E-state index contributed by atoms with van der Waals surface area (Å²) in [6.45, 7) is 4.79. The summed E-state index contributed by atoms with van der Waals surface area (Å²) in [4.78, 5) is 11.7. The predicted molar refractivity (Wildman–Crippen MR) is 33.8 cm³/mol. The van der Waals surface area contributed by atoms with Crippen LogP contribution in [-0.4, -0.2) is 31.3 Å². The average molecular weight is 113 g/mol. The fourth-order valence-electron chi connectivity index (χ4n) is 0.422. The quantitative estimate of drug-likeness (QED) is 0.386. The summed E-state index contributed by atoms with van der Waals surface area (Å²) < 4.78 is 0. The Kier molecular flexibility index (Phi) is 4.17. The van der Waals surface area contributed by atoms with Crippen molar-refractivity contribution in [1.82, 2.24) is 4.90 Å². The van der Waals surface area contributed by atoms with Gasteiger partial charge >= 0.3 is 0 Å². The summed E-state index contributed by atoms with van der Waals surface area (Å²) in [6, 6.07) is 0. The highest BCUT2D eigenvalue weighted by Gasteiger charge is 1.88. The molecule has 0 N–H and O–H groups in total. The van der Waals surface area contributed by atoms with Crippen LogP contribution in [0, 0.1) is 0 Å². The number of nitrogens with zero attached hydrogens (tertiary/aromatic N) is 1. The van der Waals surface area contributed by atoms with Gasteiger partial charge in [0.2, 0.25) is 0 Å². The minimum atomic E-state index is 0.492. The van der Waals surface area contributed by atoms with Crippen molar-refractivity contribution in [3.63, 3.8) is 0 Å². The molecule has 0 heterocycles. The molecule has 0 amide bonds. The molecule has 0 fully saturated rings. The van der Waals surface area contributed by atoms with Gasteiger partial charge in [-0.2, -0.15) is 0 Å². The maximum absolute atomic E-state index is 9.81. The third-order valence-electron chi connectivity index (χ3n) is 0.827. The van der Waals surface area contributed by atoms with E-state index in [1.807, 2.05) is 11.9 Å². The molecule has 0 unspecified atom stereocenters. The van der Waals surface area contributed by atoms with Crippen molar-refractivity contribution in [2.75, 3.05) is 20.1 Å². The minimum absolute atomic E-state index is 0.492. The highest BCUT2D eigenvalue weighted by atomic mass is 16.1. The Labute approximate surface area is 49.8 Å². The van der Waals surface area contributed by atoms with Gasteiger partial charge in [-0.25, -0.2) is 0 Å². The van der Waals surface area contributed by atoms with E-state index in [1.54, 1.807) is 6.08 Å². The lowest BCUT2D eigenvalue weighted by Crippen LogP contribution is -2.19. The molecule has 0 rings (SSSR count). The van der Waals surface area contributed by atoms with Gasteiger partial charge in [-0.1, -0.05) is 6.08 Å². The lowest BCUT2D eigenvalue weighted by Gasteiger charge is -2.07. The number of carbonyl (C=O) groups excluding carboxylic acids is 1. The van der Waals surface area contributed by atoms with Crippen LogP contribution in [0.5, 0.6) is 0 Å². The van der Waals surface area contributed by atoms with Crippen LogP contribution < -0.4 is 0 Å². The van der Waals surface area contributed by atoms with Crippen molar-refractivity contribution in [1.29, 1.82) is 0 Å². The largest absolute Gasteiger partial charge is 0.302 e. The zero-order valence-electron chi connectivity index (χ0n) is 5.13. The monoisotopic (exact) mass is 113 g/mol. The zero-order chi connectivity index (χ0) is 6.41. The molecule has 0 bridgehead atoms. The standard InChI is InChI=1S/C6H11NO/c1-3-4-7(2)5-6-8/h3,6H,1,4-5H2,2H3. The van der Waals surface area contributed by atoms with Gasteiger partial charge in [0.05, 0.1) is 6.54 Å². The first-order valence-electron chi connectivity index (χ1n) is 2.54. The molecule has 0 radical (unpaired) electrons. The number of hydrogen-bond acceptors (Lipinski definition) is 2. The first-order valence-corrected chi connectivity index (χ1v) is 2.54. The normalized spacial score (nSPS) is 9.25. The third kappa shape index (κ3) is 3.56. The van der Waals surface area contributed by atoms with E-state index < -0.39 is 0 Å². The van der Waals surface area contributed by atoms with Gasteiger partial charge in [0.15, 0.2) is 0 Å². The first kappa shape index (κ1) is 7.37. The molecule has 46 valence electrons. The van der Waals surface area contributed by atoms with E-state index >= 15 is 0 Å². The van der Waals surface area contributed by atoms with Crippen molar-refractivity contribution in [2.45, 2.75) is 0 Å².